The van der Waals surface area contributed by atoms with Crippen molar-refractivity contribution in [3.8, 4) is 0 Å². The first-order chi connectivity index (χ1) is 8.99. The van der Waals surface area contributed by atoms with E-state index in [9.17, 15) is 0 Å². The van der Waals surface area contributed by atoms with Gasteiger partial charge in [0.15, 0.2) is 0 Å². The lowest BCUT2D eigenvalue weighted by Crippen LogP contribution is -2.37. The van der Waals surface area contributed by atoms with Crippen molar-refractivity contribution in [1.82, 2.24) is 10.2 Å². The van der Waals surface area contributed by atoms with Crippen molar-refractivity contribution in [3.05, 3.63) is 22.4 Å². The van der Waals surface area contributed by atoms with Crippen LogP contribution in [0, 0.1) is 11.8 Å². The first kappa shape index (κ1) is 16.7. The van der Waals surface area contributed by atoms with Crippen molar-refractivity contribution < 1.29 is 0 Å². The fraction of sp³-hybridized carbons (Fsp3) is 0.750. The minimum Gasteiger partial charge on any atom is -0.316 e. The summed E-state index contributed by atoms with van der Waals surface area (Å²) in [5, 5.41) is 5.73. The number of rotatable bonds is 9. The molecule has 110 valence electrons. The Balaban J connectivity index is 2.36. The highest BCUT2D eigenvalue weighted by Gasteiger charge is 2.14. The van der Waals surface area contributed by atoms with Gasteiger partial charge in [-0.25, -0.2) is 0 Å². The molecular formula is C16H30N2S. The number of hydrogen-bond acceptors (Lipinski definition) is 3. The van der Waals surface area contributed by atoms with Crippen LogP contribution in [0.1, 0.15) is 39.5 Å². The largest absolute Gasteiger partial charge is 0.316 e. The van der Waals surface area contributed by atoms with Crippen LogP contribution in [0.3, 0.4) is 0 Å². The number of nitrogens with one attached hydrogen (secondary N) is 1. The molecule has 1 atom stereocenters. The second-order valence-corrected chi connectivity index (χ2v) is 7.29. The predicted octanol–water partition coefficient (Wildman–Crippen LogP) is 3.84. The highest BCUT2D eigenvalue weighted by Crippen LogP contribution is 2.15. The van der Waals surface area contributed by atoms with Crippen LogP contribution in [0.4, 0.5) is 0 Å². The zero-order valence-corrected chi connectivity index (χ0v) is 14.0. The molecule has 1 aromatic rings. The van der Waals surface area contributed by atoms with E-state index in [2.05, 4.69) is 62.3 Å². The Morgan fingerprint density at radius 3 is 2.42 bits per heavy atom. The van der Waals surface area contributed by atoms with E-state index in [1.807, 2.05) is 11.3 Å². The van der Waals surface area contributed by atoms with Gasteiger partial charge in [0.25, 0.3) is 0 Å². The molecule has 0 bridgehead atoms. The Labute approximate surface area is 123 Å². The minimum atomic E-state index is 0.606. The first-order valence-corrected chi connectivity index (χ1v) is 8.34. The Hall–Kier alpha value is -0.380. The van der Waals surface area contributed by atoms with Crippen LogP contribution >= 0.6 is 11.3 Å². The molecule has 1 heterocycles. The van der Waals surface area contributed by atoms with E-state index in [0.29, 0.717) is 12.0 Å². The van der Waals surface area contributed by atoms with Crippen LogP contribution in [-0.2, 0) is 6.54 Å². The topological polar surface area (TPSA) is 15.3 Å². The monoisotopic (exact) mass is 282 g/mol. The van der Waals surface area contributed by atoms with Crippen molar-refractivity contribution >= 4 is 11.3 Å². The summed E-state index contributed by atoms with van der Waals surface area (Å²) in [5.41, 5.74) is 0. The van der Waals surface area contributed by atoms with Gasteiger partial charge in [0.2, 0.25) is 0 Å². The molecule has 1 aromatic heterocycles. The third kappa shape index (κ3) is 7.09. The molecule has 19 heavy (non-hydrogen) atoms. The van der Waals surface area contributed by atoms with Crippen molar-refractivity contribution in [2.24, 2.45) is 11.8 Å². The summed E-state index contributed by atoms with van der Waals surface area (Å²) in [7, 11) is 0. The molecule has 0 spiro atoms. The molecule has 0 aromatic carbocycles. The molecule has 0 aliphatic rings. The van der Waals surface area contributed by atoms with Gasteiger partial charge in [0.05, 0.1) is 0 Å². The minimum absolute atomic E-state index is 0.606. The summed E-state index contributed by atoms with van der Waals surface area (Å²) in [6.07, 6.45) is 0. The van der Waals surface area contributed by atoms with Gasteiger partial charge < -0.3 is 5.32 Å². The quantitative estimate of drug-likeness (QED) is 0.740. The van der Waals surface area contributed by atoms with Crippen LogP contribution in [0.25, 0.3) is 0 Å². The lowest BCUT2D eigenvalue weighted by molar-refractivity contribution is 0.183. The normalized spacial score (nSPS) is 13.7. The Bertz CT molecular complexity index is 319. The van der Waals surface area contributed by atoms with Gasteiger partial charge in [0, 0.05) is 24.0 Å². The van der Waals surface area contributed by atoms with Gasteiger partial charge in [-0.1, -0.05) is 26.8 Å². The van der Waals surface area contributed by atoms with E-state index in [1.165, 1.54) is 11.4 Å². The number of thiophene rings is 1. The van der Waals surface area contributed by atoms with Crippen LogP contribution in [0.5, 0.6) is 0 Å². The summed E-state index contributed by atoms with van der Waals surface area (Å²) >= 11 is 1.86. The first-order valence-electron chi connectivity index (χ1n) is 7.46. The maximum atomic E-state index is 3.56. The smallest absolute Gasteiger partial charge is 0.0330 e. The van der Waals surface area contributed by atoms with Gasteiger partial charge in [-0.3, -0.25) is 4.90 Å². The molecule has 0 saturated carbocycles. The van der Waals surface area contributed by atoms with Crippen molar-refractivity contribution in [2.75, 3.05) is 19.6 Å². The van der Waals surface area contributed by atoms with Crippen LogP contribution in [0.15, 0.2) is 17.5 Å². The van der Waals surface area contributed by atoms with Crippen LogP contribution in [-0.4, -0.2) is 30.6 Å². The van der Waals surface area contributed by atoms with E-state index in [1.54, 1.807) is 0 Å². The molecular weight excluding hydrogens is 252 g/mol. The van der Waals surface area contributed by atoms with Crippen LogP contribution in [0.2, 0.25) is 0 Å². The molecule has 0 aliphatic heterocycles. The predicted molar refractivity (Wildman–Crippen MR) is 86.7 cm³/mol. The lowest BCUT2D eigenvalue weighted by Gasteiger charge is -2.29. The van der Waals surface area contributed by atoms with Gasteiger partial charge in [-0.05, 0) is 50.2 Å². The van der Waals surface area contributed by atoms with Crippen molar-refractivity contribution in [3.63, 3.8) is 0 Å². The molecule has 0 radical (unpaired) electrons. The number of nitrogens with zero attached hydrogens (tertiary/aromatic N) is 1. The Morgan fingerprint density at radius 2 is 1.89 bits per heavy atom. The summed E-state index contributed by atoms with van der Waals surface area (Å²) in [4.78, 5) is 4.05. The summed E-state index contributed by atoms with van der Waals surface area (Å²) < 4.78 is 0. The average Bonchev–Trinajstić information content (AvgIpc) is 2.80. The Morgan fingerprint density at radius 1 is 1.16 bits per heavy atom. The second kappa shape index (κ2) is 8.72. The molecule has 0 amide bonds. The standard InChI is InChI=1S/C16H30N2S/c1-13(2)9-17-10-15(5)11-18(14(3)4)12-16-7-6-8-19-16/h6-8,13-15,17H,9-12H2,1-5H3. The number of hydrogen-bond donors (Lipinski definition) is 1. The van der Waals surface area contributed by atoms with Gasteiger partial charge >= 0.3 is 0 Å². The van der Waals surface area contributed by atoms with E-state index < -0.39 is 0 Å². The highest BCUT2D eigenvalue weighted by molar-refractivity contribution is 7.09. The summed E-state index contributed by atoms with van der Waals surface area (Å²) in [5.74, 6) is 1.43. The molecule has 0 fully saturated rings. The fourth-order valence-corrected chi connectivity index (χ4v) is 2.87. The summed E-state index contributed by atoms with van der Waals surface area (Å²) in [6, 6.07) is 4.99. The molecule has 0 aliphatic carbocycles. The van der Waals surface area contributed by atoms with Crippen molar-refractivity contribution in [1.29, 1.82) is 0 Å². The molecule has 3 heteroatoms. The van der Waals surface area contributed by atoms with E-state index in [-0.39, 0.29) is 0 Å². The molecule has 1 rings (SSSR count). The Kier molecular flexibility index (Phi) is 7.66. The molecule has 1 N–H and O–H groups in total. The van der Waals surface area contributed by atoms with Crippen molar-refractivity contribution in [2.45, 2.75) is 47.2 Å². The van der Waals surface area contributed by atoms with Gasteiger partial charge in [-0.15, -0.1) is 11.3 Å². The van der Waals surface area contributed by atoms with Gasteiger partial charge in [0.1, 0.15) is 0 Å². The van der Waals surface area contributed by atoms with Gasteiger partial charge in [-0.2, -0.15) is 0 Å². The highest BCUT2D eigenvalue weighted by atomic mass is 32.1. The fourth-order valence-electron chi connectivity index (χ4n) is 2.14. The second-order valence-electron chi connectivity index (χ2n) is 6.26. The maximum absolute atomic E-state index is 3.56. The lowest BCUT2D eigenvalue weighted by atomic mass is 10.1. The average molecular weight is 282 g/mol. The molecule has 1 unspecified atom stereocenters. The molecule has 2 nitrogen and oxygen atoms in total. The summed E-state index contributed by atoms with van der Waals surface area (Å²) in [6.45, 7) is 15.9. The van der Waals surface area contributed by atoms with E-state index in [4.69, 9.17) is 0 Å². The van der Waals surface area contributed by atoms with E-state index >= 15 is 0 Å². The third-order valence-electron chi connectivity index (χ3n) is 3.26. The zero-order chi connectivity index (χ0) is 14.3. The van der Waals surface area contributed by atoms with Crippen LogP contribution < -0.4 is 5.32 Å². The SMILES string of the molecule is CC(C)CNCC(C)CN(Cc1cccs1)C(C)C. The third-order valence-corrected chi connectivity index (χ3v) is 4.12. The zero-order valence-electron chi connectivity index (χ0n) is 13.1. The van der Waals surface area contributed by atoms with E-state index in [0.717, 1.165) is 25.6 Å². The molecule has 0 saturated heterocycles. The maximum Gasteiger partial charge on any atom is 0.0330 e.